The fraction of sp³-hybridized carbons (Fsp3) is 0.562. The maximum atomic E-state index is 12.4. The van der Waals surface area contributed by atoms with Crippen LogP contribution in [0.1, 0.15) is 43.7 Å². The van der Waals surface area contributed by atoms with Gasteiger partial charge < -0.3 is 10.2 Å². The Bertz CT molecular complexity index is 436. The van der Waals surface area contributed by atoms with Gasteiger partial charge in [-0.05, 0) is 62.8 Å². The van der Waals surface area contributed by atoms with E-state index in [1.54, 1.807) is 0 Å². The van der Waals surface area contributed by atoms with Crippen molar-refractivity contribution in [2.24, 2.45) is 0 Å². The van der Waals surface area contributed by atoms with E-state index in [4.69, 9.17) is 0 Å². The van der Waals surface area contributed by atoms with Gasteiger partial charge in [-0.2, -0.15) is 0 Å². The lowest BCUT2D eigenvalue weighted by atomic mass is 10.0. The Morgan fingerprint density at radius 2 is 1.95 bits per heavy atom. The number of hydrogen-bond acceptors (Lipinski definition) is 1. The molecule has 19 heavy (non-hydrogen) atoms. The van der Waals surface area contributed by atoms with Gasteiger partial charge in [0.15, 0.2) is 0 Å². The predicted octanol–water partition coefficient (Wildman–Crippen LogP) is 4.10. The lowest BCUT2D eigenvalue weighted by Crippen LogP contribution is -2.45. The van der Waals surface area contributed by atoms with Crippen LogP contribution in [0.5, 0.6) is 0 Å². The minimum absolute atomic E-state index is 0.0524. The summed E-state index contributed by atoms with van der Waals surface area (Å²) in [5.74, 6) is 0. The van der Waals surface area contributed by atoms with E-state index in [1.165, 1.54) is 17.5 Å². The summed E-state index contributed by atoms with van der Waals surface area (Å²) in [7, 11) is 0. The van der Waals surface area contributed by atoms with Crippen LogP contribution in [0.15, 0.2) is 18.2 Å². The maximum absolute atomic E-state index is 12.4. The highest BCUT2D eigenvalue weighted by atomic mass is 16.2. The first-order chi connectivity index (χ1) is 9.10. The highest BCUT2D eigenvalue weighted by Gasteiger charge is 2.25. The predicted molar refractivity (Wildman–Crippen MR) is 79.6 cm³/mol. The highest BCUT2D eigenvalue weighted by Crippen LogP contribution is 2.21. The van der Waals surface area contributed by atoms with Crippen LogP contribution in [-0.2, 0) is 0 Å². The number of urea groups is 1. The first-order valence-electron chi connectivity index (χ1n) is 7.26. The van der Waals surface area contributed by atoms with E-state index in [2.05, 4.69) is 32.2 Å². The average molecular weight is 260 g/mol. The third kappa shape index (κ3) is 3.49. The number of likely N-dealkylation sites (tertiary alicyclic amines) is 1. The molecule has 1 atom stereocenters. The number of nitrogens with zero attached hydrogens (tertiary/aromatic N) is 1. The van der Waals surface area contributed by atoms with Gasteiger partial charge in [0.05, 0.1) is 0 Å². The number of rotatable bonds is 2. The second kappa shape index (κ2) is 6.09. The summed E-state index contributed by atoms with van der Waals surface area (Å²) in [6.07, 6.45) is 4.54. The molecule has 2 rings (SSSR count). The molecule has 1 unspecified atom stereocenters. The minimum Gasteiger partial charge on any atom is -0.322 e. The summed E-state index contributed by atoms with van der Waals surface area (Å²) in [5.41, 5.74) is 3.27. The SMILES string of the molecule is CCC1CCCCN1C(=O)Nc1cc(C)cc(C)c1. The van der Waals surface area contributed by atoms with Crippen LogP contribution in [0.4, 0.5) is 10.5 Å². The first-order valence-corrected chi connectivity index (χ1v) is 7.26. The molecule has 1 N–H and O–H groups in total. The largest absolute Gasteiger partial charge is 0.322 e. The fourth-order valence-electron chi connectivity index (χ4n) is 2.93. The van der Waals surface area contributed by atoms with Crippen molar-refractivity contribution in [1.82, 2.24) is 4.90 Å². The molecule has 0 spiro atoms. The van der Waals surface area contributed by atoms with E-state index >= 15 is 0 Å². The summed E-state index contributed by atoms with van der Waals surface area (Å²) in [5, 5.41) is 3.04. The second-order valence-corrected chi connectivity index (χ2v) is 5.56. The van der Waals surface area contributed by atoms with E-state index < -0.39 is 0 Å². The zero-order chi connectivity index (χ0) is 13.8. The van der Waals surface area contributed by atoms with Crippen LogP contribution in [0, 0.1) is 13.8 Å². The molecule has 3 heteroatoms. The van der Waals surface area contributed by atoms with E-state index in [0.717, 1.165) is 31.5 Å². The molecule has 0 radical (unpaired) electrons. The Balaban J connectivity index is 2.07. The first kappa shape index (κ1) is 13.9. The molecule has 1 saturated heterocycles. The normalized spacial score (nSPS) is 19.3. The molecule has 2 amide bonds. The van der Waals surface area contributed by atoms with Gasteiger partial charge in [-0.1, -0.05) is 13.0 Å². The van der Waals surface area contributed by atoms with Crippen molar-refractivity contribution in [1.29, 1.82) is 0 Å². The summed E-state index contributed by atoms with van der Waals surface area (Å²) < 4.78 is 0. The van der Waals surface area contributed by atoms with Gasteiger partial charge in [-0.25, -0.2) is 4.79 Å². The van der Waals surface area contributed by atoms with Gasteiger partial charge in [0.2, 0.25) is 0 Å². The van der Waals surface area contributed by atoms with Crippen molar-refractivity contribution >= 4 is 11.7 Å². The molecule has 1 aromatic rings. The molecule has 1 aromatic carbocycles. The summed E-state index contributed by atoms with van der Waals surface area (Å²) in [4.78, 5) is 14.4. The van der Waals surface area contributed by atoms with E-state index in [-0.39, 0.29) is 6.03 Å². The summed E-state index contributed by atoms with van der Waals surface area (Å²) in [6.45, 7) is 7.15. The molecule has 3 nitrogen and oxygen atoms in total. The van der Waals surface area contributed by atoms with Gasteiger partial charge in [0, 0.05) is 18.3 Å². The molecule has 0 saturated carbocycles. The zero-order valence-corrected chi connectivity index (χ0v) is 12.2. The molecule has 104 valence electrons. The summed E-state index contributed by atoms with van der Waals surface area (Å²) in [6, 6.07) is 6.62. The van der Waals surface area contributed by atoms with Crippen LogP contribution in [0.3, 0.4) is 0 Å². The fourth-order valence-corrected chi connectivity index (χ4v) is 2.93. The topological polar surface area (TPSA) is 32.3 Å². The second-order valence-electron chi connectivity index (χ2n) is 5.56. The van der Waals surface area contributed by atoms with E-state index in [0.29, 0.717) is 6.04 Å². The molecule has 1 aliphatic rings. The standard InChI is InChI=1S/C16H24N2O/c1-4-15-7-5-6-8-18(15)16(19)17-14-10-12(2)9-13(3)11-14/h9-11,15H,4-8H2,1-3H3,(H,17,19). The number of piperidine rings is 1. The van der Waals surface area contributed by atoms with Crippen molar-refractivity contribution in [2.45, 2.75) is 52.5 Å². The number of amides is 2. The van der Waals surface area contributed by atoms with Gasteiger partial charge in [0.25, 0.3) is 0 Å². The number of aryl methyl sites for hydroxylation is 2. The number of benzene rings is 1. The van der Waals surface area contributed by atoms with Crippen LogP contribution in [0.2, 0.25) is 0 Å². The van der Waals surface area contributed by atoms with Crippen LogP contribution in [0.25, 0.3) is 0 Å². The number of carbonyl (C=O) groups is 1. The molecule has 1 heterocycles. The van der Waals surface area contributed by atoms with Crippen molar-refractivity contribution in [3.05, 3.63) is 29.3 Å². The van der Waals surface area contributed by atoms with Gasteiger partial charge in [0.1, 0.15) is 0 Å². The number of anilines is 1. The van der Waals surface area contributed by atoms with Gasteiger partial charge in [-0.15, -0.1) is 0 Å². The number of hydrogen-bond donors (Lipinski definition) is 1. The van der Waals surface area contributed by atoms with Gasteiger partial charge >= 0.3 is 6.03 Å². The maximum Gasteiger partial charge on any atom is 0.322 e. The zero-order valence-electron chi connectivity index (χ0n) is 12.2. The summed E-state index contributed by atoms with van der Waals surface area (Å²) >= 11 is 0. The lowest BCUT2D eigenvalue weighted by molar-refractivity contribution is 0.160. The lowest BCUT2D eigenvalue weighted by Gasteiger charge is -2.35. The smallest absolute Gasteiger partial charge is 0.322 e. The molecule has 0 aromatic heterocycles. The molecule has 0 bridgehead atoms. The Hall–Kier alpha value is -1.51. The van der Waals surface area contributed by atoms with Gasteiger partial charge in [-0.3, -0.25) is 0 Å². The molecule has 1 fully saturated rings. The number of carbonyl (C=O) groups excluding carboxylic acids is 1. The highest BCUT2D eigenvalue weighted by molar-refractivity contribution is 5.89. The van der Waals surface area contributed by atoms with Crippen LogP contribution < -0.4 is 5.32 Å². The van der Waals surface area contributed by atoms with Crippen molar-refractivity contribution in [2.75, 3.05) is 11.9 Å². The average Bonchev–Trinajstić information content (AvgIpc) is 2.37. The van der Waals surface area contributed by atoms with Crippen LogP contribution >= 0.6 is 0 Å². The quantitative estimate of drug-likeness (QED) is 0.853. The van der Waals surface area contributed by atoms with E-state index in [1.807, 2.05) is 17.0 Å². The number of nitrogens with one attached hydrogen (secondary N) is 1. The Labute approximate surface area is 116 Å². The van der Waals surface area contributed by atoms with Crippen molar-refractivity contribution in [3.8, 4) is 0 Å². The molecular formula is C16H24N2O. The molecular weight excluding hydrogens is 236 g/mol. The van der Waals surface area contributed by atoms with E-state index in [9.17, 15) is 4.79 Å². The Morgan fingerprint density at radius 1 is 1.26 bits per heavy atom. The van der Waals surface area contributed by atoms with Crippen molar-refractivity contribution < 1.29 is 4.79 Å². The molecule has 0 aliphatic carbocycles. The monoisotopic (exact) mass is 260 g/mol. The van der Waals surface area contributed by atoms with Crippen LogP contribution in [-0.4, -0.2) is 23.5 Å². The Kier molecular flexibility index (Phi) is 4.46. The third-order valence-electron chi connectivity index (χ3n) is 3.83. The van der Waals surface area contributed by atoms with Crippen molar-refractivity contribution in [3.63, 3.8) is 0 Å². The Morgan fingerprint density at radius 3 is 2.58 bits per heavy atom. The minimum atomic E-state index is 0.0524. The molecule has 1 aliphatic heterocycles. The third-order valence-corrected chi connectivity index (χ3v) is 3.83.